The Bertz CT molecular complexity index is 489. The lowest BCUT2D eigenvalue weighted by molar-refractivity contribution is -0.134. The second-order valence-electron chi connectivity index (χ2n) is 3.79. The van der Waals surface area contributed by atoms with Gasteiger partial charge in [0.1, 0.15) is 0 Å². The van der Waals surface area contributed by atoms with Gasteiger partial charge in [-0.25, -0.2) is 8.42 Å². The molecule has 0 saturated heterocycles. The van der Waals surface area contributed by atoms with Crippen LogP contribution in [0, 0.1) is 0 Å². The molecule has 94 valence electrons. The highest BCUT2D eigenvalue weighted by Crippen LogP contribution is 2.24. The maximum atomic E-state index is 11.6. The van der Waals surface area contributed by atoms with Gasteiger partial charge in [0.25, 0.3) is 0 Å². The van der Waals surface area contributed by atoms with Crippen molar-refractivity contribution in [1.29, 1.82) is 0 Å². The SMILES string of the molecule is CC(C)Sc1ccc(S(=O)(=O)CC(=O)O)cc1. The molecule has 0 spiro atoms. The van der Waals surface area contributed by atoms with Crippen LogP contribution in [-0.2, 0) is 14.6 Å². The molecule has 6 heteroatoms. The molecule has 0 radical (unpaired) electrons. The van der Waals surface area contributed by atoms with Gasteiger partial charge >= 0.3 is 5.97 Å². The predicted molar refractivity (Wildman–Crippen MR) is 67.1 cm³/mol. The second kappa shape index (κ2) is 5.55. The molecule has 0 bridgehead atoms. The van der Waals surface area contributed by atoms with Gasteiger partial charge in [0, 0.05) is 10.1 Å². The van der Waals surface area contributed by atoms with Crippen LogP contribution in [0.3, 0.4) is 0 Å². The molecular weight excluding hydrogens is 260 g/mol. The highest BCUT2D eigenvalue weighted by atomic mass is 32.2. The van der Waals surface area contributed by atoms with Crippen LogP contribution < -0.4 is 0 Å². The van der Waals surface area contributed by atoms with Crippen molar-refractivity contribution in [3.05, 3.63) is 24.3 Å². The lowest BCUT2D eigenvalue weighted by Crippen LogP contribution is -2.15. The van der Waals surface area contributed by atoms with Crippen molar-refractivity contribution < 1.29 is 18.3 Å². The summed E-state index contributed by atoms with van der Waals surface area (Å²) in [7, 11) is -3.71. The van der Waals surface area contributed by atoms with E-state index in [4.69, 9.17) is 5.11 Å². The Morgan fingerprint density at radius 1 is 1.29 bits per heavy atom. The molecule has 0 fully saturated rings. The summed E-state index contributed by atoms with van der Waals surface area (Å²) in [6.45, 7) is 4.08. The van der Waals surface area contributed by atoms with Crippen molar-refractivity contribution in [2.75, 3.05) is 5.75 Å². The number of aliphatic carboxylic acids is 1. The van der Waals surface area contributed by atoms with E-state index >= 15 is 0 Å². The van der Waals surface area contributed by atoms with Crippen LogP contribution in [0.15, 0.2) is 34.1 Å². The van der Waals surface area contributed by atoms with E-state index in [1.807, 2.05) is 13.8 Å². The molecule has 4 nitrogen and oxygen atoms in total. The molecular formula is C11H14O4S2. The number of thioether (sulfide) groups is 1. The molecule has 17 heavy (non-hydrogen) atoms. The summed E-state index contributed by atoms with van der Waals surface area (Å²) in [4.78, 5) is 11.4. The van der Waals surface area contributed by atoms with Crippen LogP contribution in [0.1, 0.15) is 13.8 Å². The minimum atomic E-state index is -3.71. The Kier molecular flexibility index (Phi) is 4.59. The Balaban J connectivity index is 2.91. The first-order valence-corrected chi connectivity index (χ1v) is 7.56. The zero-order chi connectivity index (χ0) is 13.1. The monoisotopic (exact) mass is 274 g/mol. The number of sulfone groups is 1. The largest absolute Gasteiger partial charge is 0.480 e. The molecule has 0 aliphatic heterocycles. The third kappa shape index (κ3) is 4.40. The number of hydrogen-bond donors (Lipinski definition) is 1. The van der Waals surface area contributed by atoms with Gasteiger partial charge in [-0.05, 0) is 24.3 Å². The Hall–Kier alpha value is -1.01. The van der Waals surface area contributed by atoms with Gasteiger partial charge in [0.15, 0.2) is 15.6 Å². The average molecular weight is 274 g/mol. The lowest BCUT2D eigenvalue weighted by atomic mass is 10.4. The zero-order valence-electron chi connectivity index (χ0n) is 9.58. The van der Waals surface area contributed by atoms with Crippen molar-refractivity contribution in [2.24, 2.45) is 0 Å². The van der Waals surface area contributed by atoms with Crippen LogP contribution in [0.2, 0.25) is 0 Å². The van der Waals surface area contributed by atoms with Gasteiger partial charge in [-0.2, -0.15) is 0 Å². The fraction of sp³-hybridized carbons (Fsp3) is 0.364. The van der Waals surface area contributed by atoms with E-state index < -0.39 is 21.6 Å². The summed E-state index contributed by atoms with van der Waals surface area (Å²) < 4.78 is 23.2. The molecule has 1 rings (SSSR count). The number of carboxylic acid groups (broad SMARTS) is 1. The van der Waals surface area contributed by atoms with Gasteiger partial charge in [-0.1, -0.05) is 13.8 Å². The molecule has 0 amide bonds. The van der Waals surface area contributed by atoms with Crippen molar-refractivity contribution in [2.45, 2.75) is 28.9 Å². The summed E-state index contributed by atoms with van der Waals surface area (Å²) in [5.74, 6) is -2.21. The van der Waals surface area contributed by atoms with Crippen LogP contribution in [0.25, 0.3) is 0 Å². The van der Waals surface area contributed by atoms with Gasteiger partial charge < -0.3 is 5.11 Å². The highest BCUT2D eigenvalue weighted by molar-refractivity contribution is 7.99. The van der Waals surface area contributed by atoms with E-state index in [2.05, 4.69) is 0 Å². The molecule has 0 heterocycles. The number of carbonyl (C=O) groups is 1. The smallest absolute Gasteiger partial charge is 0.319 e. The average Bonchev–Trinajstić information content (AvgIpc) is 2.15. The molecule has 0 saturated carbocycles. The summed E-state index contributed by atoms with van der Waals surface area (Å²) in [5, 5.41) is 8.91. The fourth-order valence-electron chi connectivity index (χ4n) is 1.24. The van der Waals surface area contributed by atoms with Gasteiger partial charge in [-0.3, -0.25) is 4.79 Å². The van der Waals surface area contributed by atoms with Gasteiger partial charge in [-0.15, -0.1) is 11.8 Å². The first-order valence-electron chi connectivity index (χ1n) is 5.02. The minimum absolute atomic E-state index is 0.0491. The van der Waals surface area contributed by atoms with Crippen LogP contribution in [0.5, 0.6) is 0 Å². The second-order valence-corrected chi connectivity index (χ2v) is 7.43. The summed E-state index contributed by atoms with van der Waals surface area (Å²) in [6, 6.07) is 6.28. The standard InChI is InChI=1S/C11H14O4S2/c1-8(2)16-9-3-5-10(6-4-9)17(14,15)7-11(12)13/h3-6,8H,7H2,1-2H3,(H,12,13). The van der Waals surface area contributed by atoms with E-state index in [9.17, 15) is 13.2 Å². The Morgan fingerprint density at radius 3 is 2.24 bits per heavy atom. The molecule has 0 aromatic heterocycles. The van der Waals surface area contributed by atoms with E-state index in [-0.39, 0.29) is 4.90 Å². The van der Waals surface area contributed by atoms with Crippen LogP contribution >= 0.6 is 11.8 Å². The Labute approximate surface area is 105 Å². The quantitative estimate of drug-likeness (QED) is 0.832. The first kappa shape index (κ1) is 14.1. The predicted octanol–water partition coefficient (Wildman–Crippen LogP) is 2.05. The topological polar surface area (TPSA) is 71.4 Å². The van der Waals surface area contributed by atoms with Crippen molar-refractivity contribution >= 4 is 27.6 Å². The van der Waals surface area contributed by atoms with E-state index in [1.54, 1.807) is 23.9 Å². The van der Waals surface area contributed by atoms with Crippen molar-refractivity contribution in [3.8, 4) is 0 Å². The van der Waals surface area contributed by atoms with E-state index in [0.717, 1.165) is 4.90 Å². The van der Waals surface area contributed by atoms with Crippen LogP contribution in [0.4, 0.5) is 0 Å². The number of hydrogen-bond acceptors (Lipinski definition) is 4. The number of carboxylic acids is 1. The Morgan fingerprint density at radius 2 is 1.82 bits per heavy atom. The molecule has 0 aliphatic carbocycles. The normalized spacial score (nSPS) is 11.7. The van der Waals surface area contributed by atoms with Gasteiger partial charge in [0.2, 0.25) is 0 Å². The number of benzene rings is 1. The summed E-state index contributed by atoms with van der Waals surface area (Å²) in [6.07, 6.45) is 0. The molecule has 0 unspecified atom stereocenters. The van der Waals surface area contributed by atoms with E-state index in [0.29, 0.717) is 5.25 Å². The maximum Gasteiger partial charge on any atom is 0.319 e. The summed E-state index contributed by atoms with van der Waals surface area (Å²) >= 11 is 1.62. The van der Waals surface area contributed by atoms with Crippen molar-refractivity contribution in [1.82, 2.24) is 0 Å². The minimum Gasteiger partial charge on any atom is -0.480 e. The molecule has 0 atom stereocenters. The molecule has 1 aromatic rings. The van der Waals surface area contributed by atoms with Gasteiger partial charge in [0.05, 0.1) is 4.90 Å². The van der Waals surface area contributed by atoms with Crippen molar-refractivity contribution in [3.63, 3.8) is 0 Å². The maximum absolute atomic E-state index is 11.6. The van der Waals surface area contributed by atoms with Crippen LogP contribution in [-0.4, -0.2) is 30.5 Å². The zero-order valence-corrected chi connectivity index (χ0v) is 11.2. The van der Waals surface area contributed by atoms with E-state index in [1.165, 1.54) is 12.1 Å². The highest BCUT2D eigenvalue weighted by Gasteiger charge is 2.18. The lowest BCUT2D eigenvalue weighted by Gasteiger charge is -2.06. The number of rotatable bonds is 5. The molecule has 0 aliphatic rings. The molecule has 1 aromatic carbocycles. The summed E-state index contributed by atoms with van der Waals surface area (Å²) in [5.41, 5.74) is 0. The first-order chi connectivity index (χ1) is 7.81. The third-order valence-electron chi connectivity index (χ3n) is 1.87. The fourth-order valence-corrected chi connectivity index (χ4v) is 3.12. The molecule has 1 N–H and O–H groups in total. The third-order valence-corrected chi connectivity index (χ3v) is 4.50.